The Morgan fingerprint density at radius 1 is 1.35 bits per heavy atom. The van der Waals surface area contributed by atoms with Crippen molar-refractivity contribution in [3.63, 3.8) is 0 Å². The average Bonchev–Trinajstić information content (AvgIpc) is 2.48. The van der Waals surface area contributed by atoms with Gasteiger partial charge in [-0.3, -0.25) is 0 Å². The topological polar surface area (TPSA) is 47.0 Å². The molecule has 1 N–H and O–H groups in total. The third-order valence-electron chi connectivity index (χ3n) is 2.45. The minimum Gasteiger partial charge on any atom is -0.475 e. The molecule has 0 saturated carbocycles. The molecule has 0 spiro atoms. The standard InChI is InChI=1S/C10H6Cl2FN3O/c11-5-3-4-6-8(15-5)7(13)9(12)16-10(6)17-2-1-14-4/h3,14H,1-2H2. The number of hydrogen-bond acceptors (Lipinski definition) is 4. The number of rotatable bonds is 0. The van der Waals surface area contributed by atoms with E-state index in [2.05, 4.69) is 15.3 Å². The van der Waals surface area contributed by atoms with Crippen molar-refractivity contribution in [1.82, 2.24) is 9.97 Å². The van der Waals surface area contributed by atoms with Crippen molar-refractivity contribution in [3.05, 3.63) is 22.2 Å². The van der Waals surface area contributed by atoms with Crippen LogP contribution in [0.1, 0.15) is 0 Å². The van der Waals surface area contributed by atoms with E-state index in [0.717, 1.165) is 0 Å². The lowest BCUT2D eigenvalue weighted by Gasteiger charge is -2.08. The van der Waals surface area contributed by atoms with E-state index < -0.39 is 5.82 Å². The molecule has 7 heteroatoms. The number of ether oxygens (including phenoxy) is 1. The lowest BCUT2D eigenvalue weighted by molar-refractivity contribution is 0.326. The molecule has 0 atom stereocenters. The van der Waals surface area contributed by atoms with Gasteiger partial charge < -0.3 is 10.1 Å². The van der Waals surface area contributed by atoms with E-state index in [4.69, 9.17) is 27.9 Å². The smallest absolute Gasteiger partial charge is 0.226 e. The van der Waals surface area contributed by atoms with Crippen LogP contribution in [0.4, 0.5) is 10.1 Å². The average molecular weight is 274 g/mol. The van der Waals surface area contributed by atoms with Gasteiger partial charge in [0, 0.05) is 6.54 Å². The predicted octanol–water partition coefficient (Wildman–Crippen LogP) is 2.88. The van der Waals surface area contributed by atoms with Crippen molar-refractivity contribution in [1.29, 1.82) is 0 Å². The molecule has 3 rings (SSSR count). The molecule has 0 amide bonds. The molecule has 0 aromatic carbocycles. The molecule has 3 heterocycles. The van der Waals surface area contributed by atoms with Crippen LogP contribution in [-0.4, -0.2) is 23.1 Å². The molecule has 0 saturated heterocycles. The molecule has 1 aliphatic rings. The van der Waals surface area contributed by atoms with E-state index in [1.807, 2.05) is 0 Å². The fourth-order valence-electron chi connectivity index (χ4n) is 1.76. The summed E-state index contributed by atoms with van der Waals surface area (Å²) in [7, 11) is 0. The van der Waals surface area contributed by atoms with Gasteiger partial charge in [-0.1, -0.05) is 23.2 Å². The van der Waals surface area contributed by atoms with E-state index in [1.165, 1.54) is 0 Å². The van der Waals surface area contributed by atoms with Gasteiger partial charge >= 0.3 is 0 Å². The van der Waals surface area contributed by atoms with E-state index in [9.17, 15) is 4.39 Å². The molecule has 1 aliphatic heterocycles. The molecule has 0 unspecified atom stereocenters. The van der Waals surface area contributed by atoms with E-state index >= 15 is 0 Å². The fourth-order valence-corrected chi connectivity index (χ4v) is 2.12. The summed E-state index contributed by atoms with van der Waals surface area (Å²) in [6.07, 6.45) is 0. The summed E-state index contributed by atoms with van der Waals surface area (Å²) in [4.78, 5) is 7.79. The second kappa shape index (κ2) is 3.85. The maximum atomic E-state index is 13.8. The summed E-state index contributed by atoms with van der Waals surface area (Å²) in [6.45, 7) is 0.988. The molecule has 88 valence electrons. The number of nitrogens with one attached hydrogen (secondary N) is 1. The van der Waals surface area contributed by atoms with Crippen molar-refractivity contribution in [2.24, 2.45) is 0 Å². The Morgan fingerprint density at radius 2 is 2.18 bits per heavy atom. The van der Waals surface area contributed by atoms with E-state index in [1.54, 1.807) is 6.07 Å². The first-order valence-corrected chi connectivity index (χ1v) is 5.64. The van der Waals surface area contributed by atoms with E-state index in [0.29, 0.717) is 24.2 Å². The molecule has 0 fully saturated rings. The highest BCUT2D eigenvalue weighted by atomic mass is 35.5. The normalized spacial score (nSPS) is 14.1. The number of halogens is 3. The van der Waals surface area contributed by atoms with Gasteiger partial charge in [0.1, 0.15) is 17.3 Å². The van der Waals surface area contributed by atoms with Crippen LogP contribution in [0.15, 0.2) is 6.07 Å². The van der Waals surface area contributed by atoms with Crippen molar-refractivity contribution in [2.75, 3.05) is 18.5 Å². The second-order valence-electron chi connectivity index (χ2n) is 3.51. The number of aromatic nitrogens is 2. The quantitative estimate of drug-likeness (QED) is 0.750. The van der Waals surface area contributed by atoms with Gasteiger partial charge in [-0.25, -0.2) is 9.37 Å². The number of nitrogens with zero attached hydrogens (tertiary/aromatic N) is 2. The Labute approximate surface area is 106 Å². The van der Waals surface area contributed by atoms with Gasteiger partial charge in [0.25, 0.3) is 0 Å². The van der Waals surface area contributed by atoms with Crippen LogP contribution in [-0.2, 0) is 0 Å². The van der Waals surface area contributed by atoms with Gasteiger partial charge in [0.15, 0.2) is 11.0 Å². The fraction of sp³-hybridized carbons (Fsp3) is 0.200. The monoisotopic (exact) mass is 273 g/mol. The Balaban J connectivity index is 2.48. The summed E-state index contributed by atoms with van der Waals surface area (Å²) in [5.74, 6) is -0.419. The van der Waals surface area contributed by atoms with Gasteiger partial charge in [-0.05, 0) is 6.07 Å². The van der Waals surface area contributed by atoms with Gasteiger partial charge in [-0.2, -0.15) is 4.98 Å². The van der Waals surface area contributed by atoms with Crippen LogP contribution in [0.5, 0.6) is 5.88 Å². The predicted molar refractivity (Wildman–Crippen MR) is 63.5 cm³/mol. The third-order valence-corrected chi connectivity index (χ3v) is 2.89. The van der Waals surface area contributed by atoms with E-state index in [-0.39, 0.29) is 21.7 Å². The Morgan fingerprint density at radius 3 is 3.00 bits per heavy atom. The van der Waals surface area contributed by atoms with Crippen molar-refractivity contribution in [3.8, 4) is 5.88 Å². The maximum Gasteiger partial charge on any atom is 0.226 e. The third kappa shape index (κ3) is 1.66. The van der Waals surface area contributed by atoms with Crippen LogP contribution < -0.4 is 10.1 Å². The second-order valence-corrected chi connectivity index (χ2v) is 4.26. The summed E-state index contributed by atoms with van der Waals surface area (Å²) < 4.78 is 19.2. The largest absolute Gasteiger partial charge is 0.475 e. The highest BCUT2D eigenvalue weighted by molar-refractivity contribution is 6.31. The molecule has 4 nitrogen and oxygen atoms in total. The first kappa shape index (κ1) is 10.8. The van der Waals surface area contributed by atoms with Crippen molar-refractivity contribution >= 4 is 39.8 Å². The lowest BCUT2D eigenvalue weighted by Crippen LogP contribution is -2.08. The molecule has 17 heavy (non-hydrogen) atoms. The first-order chi connectivity index (χ1) is 8.16. The maximum absolute atomic E-state index is 13.8. The summed E-state index contributed by atoms with van der Waals surface area (Å²) in [6, 6.07) is 1.61. The van der Waals surface area contributed by atoms with Crippen LogP contribution >= 0.6 is 23.2 Å². The molecular formula is C10H6Cl2FN3O. The lowest BCUT2D eigenvalue weighted by atomic mass is 10.2. The van der Waals surface area contributed by atoms with Crippen LogP contribution in [0.2, 0.25) is 10.3 Å². The van der Waals surface area contributed by atoms with Crippen LogP contribution in [0, 0.1) is 5.82 Å². The highest BCUT2D eigenvalue weighted by Gasteiger charge is 2.20. The molecule has 0 aliphatic carbocycles. The Hall–Kier alpha value is -1.33. The van der Waals surface area contributed by atoms with Crippen LogP contribution in [0.3, 0.4) is 0 Å². The summed E-state index contributed by atoms with van der Waals surface area (Å²) in [5.41, 5.74) is 0.715. The number of hydrogen-bond donors (Lipinski definition) is 1. The molecule has 0 radical (unpaired) electrons. The minimum absolute atomic E-state index is 0.0666. The zero-order valence-corrected chi connectivity index (χ0v) is 9.94. The number of pyridine rings is 2. The van der Waals surface area contributed by atoms with Crippen molar-refractivity contribution < 1.29 is 9.13 Å². The molecule has 2 aromatic rings. The van der Waals surface area contributed by atoms with Gasteiger partial charge in [-0.15, -0.1) is 0 Å². The molecule has 0 bridgehead atoms. The summed E-state index contributed by atoms with van der Waals surface area (Å²) in [5, 5.41) is 3.46. The SMILES string of the molecule is Fc1c(Cl)nc2c3c(cc(Cl)nc13)NCCO2. The molecule has 2 aromatic heterocycles. The summed E-state index contributed by atoms with van der Waals surface area (Å²) >= 11 is 11.5. The Kier molecular flexibility index (Phi) is 2.45. The Bertz CT molecular complexity index is 608. The zero-order chi connectivity index (χ0) is 12.0. The van der Waals surface area contributed by atoms with Gasteiger partial charge in [0.05, 0.1) is 11.1 Å². The first-order valence-electron chi connectivity index (χ1n) is 4.89. The highest BCUT2D eigenvalue weighted by Crippen LogP contribution is 2.36. The zero-order valence-electron chi connectivity index (χ0n) is 8.43. The minimum atomic E-state index is -0.693. The van der Waals surface area contributed by atoms with Crippen LogP contribution in [0.25, 0.3) is 10.9 Å². The van der Waals surface area contributed by atoms with Crippen molar-refractivity contribution in [2.45, 2.75) is 0 Å². The molecular weight excluding hydrogens is 268 g/mol. The van der Waals surface area contributed by atoms with Gasteiger partial charge in [0.2, 0.25) is 5.88 Å². The number of anilines is 1.